The lowest BCUT2D eigenvalue weighted by atomic mass is 10.0. The molecule has 0 spiro atoms. The number of benzene rings is 1. The Morgan fingerprint density at radius 1 is 1.50 bits per heavy atom. The third-order valence-electron chi connectivity index (χ3n) is 2.11. The number of carbonyl (C=O) groups is 1. The Morgan fingerprint density at radius 2 is 2.19 bits per heavy atom. The van der Waals surface area contributed by atoms with Crippen molar-refractivity contribution in [3.63, 3.8) is 0 Å². The summed E-state index contributed by atoms with van der Waals surface area (Å²) in [6, 6.07) is 4.19. The van der Waals surface area contributed by atoms with Crippen LogP contribution in [0.4, 0.5) is 8.78 Å². The van der Waals surface area contributed by atoms with Crippen LogP contribution in [-0.4, -0.2) is 18.2 Å². The highest BCUT2D eigenvalue weighted by atomic mass is 79.9. The number of hydrogen-bond donors (Lipinski definition) is 0. The lowest BCUT2D eigenvalue weighted by Crippen LogP contribution is -2.05. The quantitative estimate of drug-likeness (QED) is 0.612. The van der Waals surface area contributed by atoms with Gasteiger partial charge < -0.3 is 4.74 Å². The van der Waals surface area contributed by atoms with Crippen molar-refractivity contribution in [2.45, 2.75) is 12.8 Å². The normalized spacial score (nSPS) is 10.6. The number of hydrogen-bond acceptors (Lipinski definition) is 2. The van der Waals surface area contributed by atoms with Gasteiger partial charge in [-0.2, -0.15) is 0 Å². The van der Waals surface area contributed by atoms with E-state index in [0.29, 0.717) is 5.33 Å². The molecule has 0 aliphatic rings. The molecule has 0 radical (unpaired) electrons. The van der Waals surface area contributed by atoms with Crippen LogP contribution in [0.3, 0.4) is 0 Å². The zero-order chi connectivity index (χ0) is 12.1. The van der Waals surface area contributed by atoms with Gasteiger partial charge in [0.05, 0.1) is 18.2 Å². The first kappa shape index (κ1) is 13.1. The molecule has 0 unspecified atom stereocenters. The van der Waals surface area contributed by atoms with E-state index in [-0.39, 0.29) is 29.1 Å². The average molecular weight is 293 g/mol. The second kappa shape index (κ2) is 5.94. The first-order chi connectivity index (χ1) is 7.61. The van der Waals surface area contributed by atoms with E-state index in [0.717, 1.165) is 0 Å². The van der Waals surface area contributed by atoms with Gasteiger partial charge in [-0.15, -0.1) is 0 Å². The van der Waals surface area contributed by atoms with Crippen molar-refractivity contribution in [2.24, 2.45) is 0 Å². The lowest BCUT2D eigenvalue weighted by molar-refractivity contribution is 0.0985. The molecule has 0 N–H and O–H groups in total. The van der Waals surface area contributed by atoms with Gasteiger partial charge in [0, 0.05) is 11.8 Å². The molecule has 5 heteroatoms. The topological polar surface area (TPSA) is 26.3 Å². The number of para-hydroxylation sites is 1. The predicted molar refractivity (Wildman–Crippen MR) is 60.7 cm³/mol. The van der Waals surface area contributed by atoms with Gasteiger partial charge in [0.15, 0.2) is 5.78 Å². The Hall–Kier alpha value is -0.970. The van der Waals surface area contributed by atoms with Gasteiger partial charge in [-0.05, 0) is 12.1 Å². The zero-order valence-electron chi connectivity index (χ0n) is 8.67. The summed E-state index contributed by atoms with van der Waals surface area (Å²) in [5.41, 5.74) is -0.0392. The molecule has 0 aliphatic heterocycles. The standard InChI is InChI=1S/C11H11BrF2O2/c1-16-10-7(9(15)5-6-12)3-2-4-8(10)11(13)14/h2-4,11H,5-6H2,1H3. The van der Waals surface area contributed by atoms with Crippen LogP contribution in [0.2, 0.25) is 0 Å². The first-order valence-corrected chi connectivity index (χ1v) is 5.78. The molecule has 1 aromatic carbocycles. The van der Waals surface area contributed by atoms with Gasteiger partial charge in [-0.3, -0.25) is 4.79 Å². The highest BCUT2D eigenvalue weighted by molar-refractivity contribution is 9.09. The van der Waals surface area contributed by atoms with Gasteiger partial charge in [-0.1, -0.05) is 22.0 Å². The van der Waals surface area contributed by atoms with Crippen molar-refractivity contribution in [2.75, 3.05) is 12.4 Å². The van der Waals surface area contributed by atoms with Gasteiger partial charge >= 0.3 is 0 Å². The first-order valence-electron chi connectivity index (χ1n) is 4.66. The van der Waals surface area contributed by atoms with Crippen molar-refractivity contribution in [1.29, 1.82) is 0 Å². The monoisotopic (exact) mass is 292 g/mol. The number of halogens is 3. The summed E-state index contributed by atoms with van der Waals surface area (Å²) < 4.78 is 30.2. The minimum absolute atomic E-state index is 0.0246. The Bertz CT molecular complexity index is 380. The van der Waals surface area contributed by atoms with Crippen molar-refractivity contribution in [3.8, 4) is 5.75 Å². The number of methoxy groups -OCH3 is 1. The minimum Gasteiger partial charge on any atom is -0.495 e. The molecule has 0 atom stereocenters. The summed E-state index contributed by atoms with van der Waals surface area (Å²) in [5.74, 6) is -0.236. The van der Waals surface area contributed by atoms with Crippen molar-refractivity contribution >= 4 is 21.7 Å². The Morgan fingerprint density at radius 3 is 2.69 bits per heavy atom. The van der Waals surface area contributed by atoms with E-state index >= 15 is 0 Å². The molecule has 1 aromatic rings. The fraction of sp³-hybridized carbons (Fsp3) is 0.364. The predicted octanol–water partition coefficient (Wildman–Crippen LogP) is 3.60. The van der Waals surface area contributed by atoms with Gasteiger partial charge in [0.25, 0.3) is 6.43 Å². The number of ether oxygens (including phenoxy) is 1. The lowest BCUT2D eigenvalue weighted by Gasteiger charge is -2.11. The van der Waals surface area contributed by atoms with E-state index < -0.39 is 6.43 Å². The maximum atomic E-state index is 12.6. The van der Waals surface area contributed by atoms with E-state index in [1.165, 1.54) is 25.3 Å². The van der Waals surface area contributed by atoms with Crippen molar-refractivity contribution < 1.29 is 18.3 Å². The fourth-order valence-electron chi connectivity index (χ4n) is 1.39. The molecule has 0 saturated heterocycles. The number of carbonyl (C=O) groups excluding carboxylic acids is 1. The Balaban J connectivity index is 3.18. The largest absolute Gasteiger partial charge is 0.495 e. The maximum Gasteiger partial charge on any atom is 0.267 e. The molecule has 0 heterocycles. The van der Waals surface area contributed by atoms with Crippen LogP contribution < -0.4 is 4.74 Å². The van der Waals surface area contributed by atoms with E-state index in [9.17, 15) is 13.6 Å². The number of Topliss-reactive ketones (excluding diaryl/α,β-unsaturated/α-hetero) is 1. The summed E-state index contributed by atoms with van der Waals surface area (Å²) >= 11 is 3.13. The van der Waals surface area contributed by atoms with Crippen LogP contribution in [0.25, 0.3) is 0 Å². The van der Waals surface area contributed by atoms with Crippen molar-refractivity contribution in [3.05, 3.63) is 29.3 Å². The van der Waals surface area contributed by atoms with Gasteiger partial charge in [-0.25, -0.2) is 8.78 Å². The maximum absolute atomic E-state index is 12.6. The minimum atomic E-state index is -2.65. The molecular weight excluding hydrogens is 282 g/mol. The summed E-state index contributed by atoms with van der Waals surface area (Å²) in [5, 5.41) is 0.494. The number of rotatable bonds is 5. The average Bonchev–Trinajstić information content (AvgIpc) is 2.28. The van der Waals surface area contributed by atoms with Gasteiger partial charge in [0.2, 0.25) is 0 Å². The molecule has 0 saturated carbocycles. The highest BCUT2D eigenvalue weighted by Crippen LogP contribution is 2.32. The van der Waals surface area contributed by atoms with Crippen molar-refractivity contribution in [1.82, 2.24) is 0 Å². The van der Waals surface area contributed by atoms with Gasteiger partial charge in [0.1, 0.15) is 5.75 Å². The van der Waals surface area contributed by atoms with E-state index in [4.69, 9.17) is 4.74 Å². The van der Waals surface area contributed by atoms with Crippen LogP contribution in [0.1, 0.15) is 28.8 Å². The molecule has 2 nitrogen and oxygen atoms in total. The van der Waals surface area contributed by atoms with E-state index in [1.54, 1.807) is 0 Å². The molecule has 0 aliphatic carbocycles. The van der Waals surface area contributed by atoms with E-state index in [2.05, 4.69) is 15.9 Å². The zero-order valence-corrected chi connectivity index (χ0v) is 10.3. The molecule has 0 bridgehead atoms. The number of alkyl halides is 3. The molecule has 1 rings (SSSR count). The molecule has 0 fully saturated rings. The van der Waals surface area contributed by atoms with E-state index in [1.807, 2.05) is 0 Å². The summed E-state index contributed by atoms with van der Waals surface area (Å²) in [7, 11) is 1.28. The molecule has 16 heavy (non-hydrogen) atoms. The molecule has 0 aromatic heterocycles. The molecular formula is C11H11BrF2O2. The number of ketones is 1. The van der Waals surface area contributed by atoms with Crippen LogP contribution in [0, 0.1) is 0 Å². The van der Waals surface area contributed by atoms with Crippen LogP contribution in [-0.2, 0) is 0 Å². The van der Waals surface area contributed by atoms with Crippen LogP contribution in [0.5, 0.6) is 5.75 Å². The summed E-state index contributed by atoms with van der Waals surface area (Å²) in [6.45, 7) is 0. The SMILES string of the molecule is COc1c(C(=O)CCBr)cccc1C(F)F. The van der Waals surface area contributed by atoms with Crippen LogP contribution >= 0.6 is 15.9 Å². The third kappa shape index (κ3) is 2.78. The third-order valence-corrected chi connectivity index (χ3v) is 2.50. The second-order valence-corrected chi connectivity index (χ2v) is 3.88. The second-order valence-electron chi connectivity index (χ2n) is 3.09. The Labute approximate surface area is 101 Å². The summed E-state index contributed by atoms with van der Waals surface area (Å²) in [4.78, 5) is 11.6. The summed E-state index contributed by atoms with van der Waals surface area (Å²) in [6.07, 6.45) is -2.39. The molecule has 0 amide bonds. The Kier molecular flexibility index (Phi) is 4.86. The fourth-order valence-corrected chi connectivity index (χ4v) is 1.75. The highest BCUT2D eigenvalue weighted by Gasteiger charge is 2.20. The van der Waals surface area contributed by atoms with Crippen LogP contribution in [0.15, 0.2) is 18.2 Å². The molecule has 88 valence electrons. The smallest absolute Gasteiger partial charge is 0.267 e.